The maximum atomic E-state index is 12.0. The van der Waals surface area contributed by atoms with Crippen LogP contribution in [0.25, 0.3) is 10.2 Å². The molecule has 0 bridgehead atoms. The van der Waals surface area contributed by atoms with Gasteiger partial charge in [0.15, 0.2) is 10.9 Å². The Balaban J connectivity index is 1.33. The van der Waals surface area contributed by atoms with E-state index in [2.05, 4.69) is 35.1 Å². The Morgan fingerprint density at radius 1 is 1.10 bits per heavy atom. The third-order valence-electron chi connectivity index (χ3n) is 4.67. The number of hydrogen-bond donors (Lipinski definition) is 1. The Labute approximate surface area is 191 Å². The van der Waals surface area contributed by atoms with Crippen LogP contribution in [0.3, 0.4) is 0 Å². The van der Waals surface area contributed by atoms with Crippen LogP contribution in [0.4, 0.5) is 11.4 Å². The van der Waals surface area contributed by atoms with Crippen LogP contribution in [-0.2, 0) is 14.3 Å². The zero-order chi connectivity index (χ0) is 22.1. The molecule has 164 valence electrons. The number of nitrogens with one attached hydrogen (secondary N) is 1. The van der Waals surface area contributed by atoms with Crippen LogP contribution in [0.15, 0.2) is 52.9 Å². The van der Waals surface area contributed by atoms with Crippen LogP contribution in [0.2, 0.25) is 0 Å². The first kappa shape index (κ1) is 23.1. The quantitative estimate of drug-likeness (QED) is 0.242. The number of esters is 1. The van der Waals surface area contributed by atoms with Crippen molar-refractivity contribution in [1.29, 1.82) is 0 Å². The molecule has 6 nitrogen and oxygen atoms in total. The highest BCUT2D eigenvalue weighted by Crippen LogP contribution is 2.29. The molecule has 0 radical (unpaired) electrons. The third-order valence-corrected chi connectivity index (χ3v) is 6.93. The fourth-order valence-electron chi connectivity index (χ4n) is 3.05. The van der Waals surface area contributed by atoms with Crippen molar-refractivity contribution >= 4 is 56.6 Å². The number of carbonyl (C=O) groups is 2. The summed E-state index contributed by atoms with van der Waals surface area (Å²) in [6, 6.07) is 15.7. The normalized spacial score (nSPS) is 10.8. The van der Waals surface area contributed by atoms with E-state index in [0.717, 1.165) is 39.1 Å². The lowest BCUT2D eigenvalue weighted by molar-refractivity contribution is -0.147. The van der Waals surface area contributed by atoms with Crippen molar-refractivity contribution in [3.05, 3.63) is 48.5 Å². The Kier molecular flexibility index (Phi) is 8.73. The molecular weight excluding hydrogens is 430 g/mol. The minimum Gasteiger partial charge on any atom is -0.456 e. The molecule has 0 aliphatic heterocycles. The summed E-state index contributed by atoms with van der Waals surface area (Å²) in [4.78, 5) is 30.7. The van der Waals surface area contributed by atoms with Crippen LogP contribution in [0, 0.1) is 0 Å². The number of carbonyl (C=O) groups excluding carboxylic acids is 2. The fraction of sp³-hybridized carbons (Fsp3) is 0.348. The monoisotopic (exact) mass is 457 g/mol. The van der Waals surface area contributed by atoms with Crippen molar-refractivity contribution in [2.45, 2.75) is 31.0 Å². The maximum Gasteiger partial charge on any atom is 0.306 e. The van der Waals surface area contributed by atoms with Crippen molar-refractivity contribution in [3.63, 3.8) is 0 Å². The highest BCUT2D eigenvalue weighted by Gasteiger charge is 2.10. The number of ether oxygens (including phenoxy) is 1. The van der Waals surface area contributed by atoms with E-state index >= 15 is 0 Å². The molecule has 1 heterocycles. The van der Waals surface area contributed by atoms with Gasteiger partial charge in [-0.1, -0.05) is 23.9 Å². The molecule has 0 spiro atoms. The lowest BCUT2D eigenvalue weighted by atomic mass is 10.2. The minimum absolute atomic E-state index is 0.276. The van der Waals surface area contributed by atoms with Gasteiger partial charge in [-0.2, -0.15) is 0 Å². The summed E-state index contributed by atoms with van der Waals surface area (Å²) in [7, 11) is 0. The summed E-state index contributed by atoms with van der Waals surface area (Å²) in [5, 5.41) is 2.76. The molecule has 3 rings (SSSR count). The van der Waals surface area contributed by atoms with Crippen molar-refractivity contribution < 1.29 is 14.3 Å². The Bertz CT molecular complexity index is 968. The van der Waals surface area contributed by atoms with E-state index in [4.69, 9.17) is 4.74 Å². The van der Waals surface area contributed by atoms with E-state index < -0.39 is 0 Å². The first-order valence-electron chi connectivity index (χ1n) is 10.4. The zero-order valence-electron chi connectivity index (χ0n) is 17.8. The van der Waals surface area contributed by atoms with E-state index in [1.807, 2.05) is 42.5 Å². The largest absolute Gasteiger partial charge is 0.456 e. The van der Waals surface area contributed by atoms with Gasteiger partial charge in [-0.05, 0) is 56.7 Å². The van der Waals surface area contributed by atoms with Gasteiger partial charge in [-0.3, -0.25) is 9.59 Å². The molecule has 0 unspecified atom stereocenters. The molecule has 0 aliphatic carbocycles. The number of hydrogen-bond acceptors (Lipinski definition) is 7. The predicted octanol–water partition coefficient (Wildman–Crippen LogP) is 5.20. The van der Waals surface area contributed by atoms with Gasteiger partial charge in [-0.25, -0.2) is 4.98 Å². The van der Waals surface area contributed by atoms with Crippen molar-refractivity contribution in [2.75, 3.05) is 35.7 Å². The number of amides is 1. The van der Waals surface area contributed by atoms with Crippen molar-refractivity contribution in [2.24, 2.45) is 0 Å². The first-order valence-corrected chi connectivity index (χ1v) is 12.2. The van der Waals surface area contributed by atoms with Crippen LogP contribution in [0.5, 0.6) is 0 Å². The van der Waals surface area contributed by atoms with Crippen molar-refractivity contribution in [3.8, 4) is 0 Å². The van der Waals surface area contributed by atoms with Crippen LogP contribution in [-0.4, -0.2) is 42.3 Å². The average Bonchev–Trinajstić information content (AvgIpc) is 3.20. The number of aromatic nitrogens is 1. The van der Waals surface area contributed by atoms with Crippen LogP contribution in [0.1, 0.15) is 26.7 Å². The minimum atomic E-state index is -0.364. The Hall–Kier alpha value is -2.58. The smallest absolute Gasteiger partial charge is 0.306 e. The van der Waals surface area contributed by atoms with E-state index in [9.17, 15) is 9.59 Å². The molecule has 0 aliphatic rings. The molecule has 0 fully saturated rings. The Morgan fingerprint density at radius 3 is 2.55 bits per heavy atom. The first-order chi connectivity index (χ1) is 15.1. The molecule has 0 saturated carbocycles. The predicted molar refractivity (Wildman–Crippen MR) is 129 cm³/mol. The van der Waals surface area contributed by atoms with Gasteiger partial charge < -0.3 is 15.0 Å². The summed E-state index contributed by atoms with van der Waals surface area (Å²) in [6.45, 7) is 5.79. The van der Waals surface area contributed by atoms with Gasteiger partial charge in [-0.15, -0.1) is 11.3 Å². The molecule has 31 heavy (non-hydrogen) atoms. The summed E-state index contributed by atoms with van der Waals surface area (Å²) in [5.41, 5.74) is 2.80. The van der Waals surface area contributed by atoms with Gasteiger partial charge in [0.05, 0.1) is 10.2 Å². The third kappa shape index (κ3) is 6.97. The Morgan fingerprint density at radius 2 is 1.84 bits per heavy atom. The van der Waals surface area contributed by atoms with Crippen LogP contribution >= 0.6 is 23.1 Å². The number of thiazole rings is 1. The molecular formula is C23H27N3O3S2. The molecule has 0 atom stereocenters. The highest BCUT2D eigenvalue weighted by atomic mass is 32.2. The van der Waals surface area contributed by atoms with E-state index in [1.165, 1.54) is 0 Å². The van der Waals surface area contributed by atoms with Gasteiger partial charge in [0.1, 0.15) is 0 Å². The number of thioether (sulfide) groups is 1. The number of para-hydroxylation sites is 1. The number of benzene rings is 2. The summed E-state index contributed by atoms with van der Waals surface area (Å²) >= 11 is 3.29. The second kappa shape index (κ2) is 11.7. The van der Waals surface area contributed by atoms with E-state index in [1.54, 1.807) is 23.1 Å². The topological polar surface area (TPSA) is 71.5 Å². The molecule has 0 saturated heterocycles. The second-order valence-electron chi connectivity index (χ2n) is 6.83. The van der Waals surface area contributed by atoms with Gasteiger partial charge >= 0.3 is 5.97 Å². The van der Waals surface area contributed by atoms with Gasteiger partial charge in [0.2, 0.25) is 0 Å². The van der Waals surface area contributed by atoms with Crippen molar-refractivity contribution in [1.82, 2.24) is 4.98 Å². The van der Waals surface area contributed by atoms with Gasteiger partial charge in [0, 0.05) is 36.6 Å². The molecule has 3 aromatic rings. The molecule has 2 aromatic carbocycles. The SMILES string of the molecule is CCN(CC)c1ccc(NC(=O)COC(=O)CCCSc2nc3ccccc3s2)cc1. The lowest BCUT2D eigenvalue weighted by Gasteiger charge is -2.21. The number of rotatable bonds is 11. The molecule has 8 heteroatoms. The summed E-state index contributed by atoms with van der Waals surface area (Å²) in [6.07, 6.45) is 0.956. The number of anilines is 2. The fourth-order valence-corrected chi connectivity index (χ4v) is 5.13. The van der Waals surface area contributed by atoms with Gasteiger partial charge in [0.25, 0.3) is 5.91 Å². The standard InChI is InChI=1S/C23H27N3O3S2/c1-3-26(4-2)18-13-11-17(12-14-18)24-21(27)16-29-22(28)10-7-15-30-23-25-19-8-5-6-9-20(19)31-23/h5-6,8-9,11-14H,3-4,7,10,15-16H2,1-2H3,(H,24,27). The summed E-state index contributed by atoms with van der Waals surface area (Å²) in [5.74, 6) is 0.0738. The molecule has 1 amide bonds. The van der Waals surface area contributed by atoms with E-state index in [0.29, 0.717) is 12.1 Å². The van der Waals surface area contributed by atoms with Crippen LogP contribution < -0.4 is 10.2 Å². The second-order valence-corrected chi connectivity index (χ2v) is 9.20. The number of fused-ring (bicyclic) bond motifs is 1. The molecule has 1 aromatic heterocycles. The average molecular weight is 458 g/mol. The molecule has 1 N–H and O–H groups in total. The number of nitrogens with zero attached hydrogens (tertiary/aromatic N) is 2. The zero-order valence-corrected chi connectivity index (χ0v) is 19.4. The summed E-state index contributed by atoms with van der Waals surface area (Å²) < 4.78 is 7.26. The van der Waals surface area contributed by atoms with E-state index in [-0.39, 0.29) is 24.9 Å². The lowest BCUT2D eigenvalue weighted by Crippen LogP contribution is -2.22. The maximum absolute atomic E-state index is 12.0. The highest BCUT2D eigenvalue weighted by molar-refractivity contribution is 8.01.